The normalized spacial score (nSPS) is 10.4. The smallest absolute Gasteiger partial charge is 0.257 e. The molecule has 78 valence electrons. The van der Waals surface area contributed by atoms with E-state index in [-0.39, 0.29) is 6.10 Å². The van der Waals surface area contributed by atoms with Gasteiger partial charge in [-0.15, -0.1) is 0 Å². The van der Waals surface area contributed by atoms with Crippen molar-refractivity contribution in [3.8, 4) is 11.6 Å². The van der Waals surface area contributed by atoms with Crippen molar-refractivity contribution in [2.75, 3.05) is 7.11 Å². The van der Waals surface area contributed by atoms with Crippen LogP contribution in [0.4, 0.5) is 0 Å². The number of nitrogens with zero attached hydrogens (tertiary/aromatic N) is 1. The number of aryl methyl sites for hydroxylation is 1. The van der Waals surface area contributed by atoms with Crippen LogP contribution in [0.5, 0.6) is 11.6 Å². The molecule has 0 aliphatic carbocycles. The summed E-state index contributed by atoms with van der Waals surface area (Å²) >= 11 is 0. The lowest BCUT2D eigenvalue weighted by molar-refractivity contribution is 0.220. The maximum atomic E-state index is 5.50. The third kappa shape index (κ3) is 2.62. The number of hydrogen-bond acceptors (Lipinski definition) is 3. The molecule has 0 aromatic carbocycles. The van der Waals surface area contributed by atoms with Gasteiger partial charge < -0.3 is 9.47 Å². The molecule has 1 rings (SSSR count). The molecule has 0 bridgehead atoms. The molecule has 1 heterocycles. The molecule has 1 aromatic rings. The Kier molecular flexibility index (Phi) is 3.74. The maximum absolute atomic E-state index is 5.50. The van der Waals surface area contributed by atoms with E-state index in [1.807, 2.05) is 26.1 Å². The van der Waals surface area contributed by atoms with Gasteiger partial charge in [0.05, 0.1) is 13.2 Å². The molecule has 3 nitrogen and oxygen atoms in total. The molecule has 1 aromatic heterocycles. The Morgan fingerprint density at radius 1 is 1.43 bits per heavy atom. The zero-order chi connectivity index (χ0) is 10.6. The lowest BCUT2D eigenvalue weighted by Gasteiger charge is -2.12. The average molecular weight is 195 g/mol. The van der Waals surface area contributed by atoms with Gasteiger partial charge in [-0.05, 0) is 31.9 Å². The molecule has 0 aliphatic rings. The summed E-state index contributed by atoms with van der Waals surface area (Å²) in [6.45, 7) is 6.02. The number of aromatic nitrogens is 1. The Morgan fingerprint density at radius 3 is 2.64 bits per heavy atom. The van der Waals surface area contributed by atoms with Crippen LogP contribution in [-0.2, 0) is 6.42 Å². The Morgan fingerprint density at radius 2 is 2.14 bits per heavy atom. The molecule has 0 saturated heterocycles. The summed E-state index contributed by atoms with van der Waals surface area (Å²) < 4.78 is 10.7. The standard InChI is InChI=1S/C11H17NO2/c1-5-9-6-10(13-4)11(12-7-9)14-8(2)3/h6-8H,5H2,1-4H3. The molecule has 0 fully saturated rings. The van der Waals surface area contributed by atoms with E-state index in [0.717, 1.165) is 12.0 Å². The van der Waals surface area contributed by atoms with Crippen molar-refractivity contribution in [2.45, 2.75) is 33.3 Å². The Bertz CT molecular complexity index is 297. The molecule has 0 amide bonds. The molecular formula is C11H17NO2. The molecule has 0 atom stereocenters. The number of methoxy groups -OCH3 is 1. The van der Waals surface area contributed by atoms with E-state index in [1.165, 1.54) is 0 Å². The van der Waals surface area contributed by atoms with Crippen molar-refractivity contribution in [3.63, 3.8) is 0 Å². The first-order valence-corrected chi connectivity index (χ1v) is 4.87. The minimum absolute atomic E-state index is 0.115. The van der Waals surface area contributed by atoms with Crippen molar-refractivity contribution in [1.29, 1.82) is 0 Å². The van der Waals surface area contributed by atoms with Crippen LogP contribution in [0.25, 0.3) is 0 Å². The summed E-state index contributed by atoms with van der Waals surface area (Å²) in [5.74, 6) is 1.28. The summed E-state index contributed by atoms with van der Waals surface area (Å²) in [6.07, 6.45) is 2.88. The second-order valence-corrected chi connectivity index (χ2v) is 3.37. The molecule has 0 radical (unpaired) electrons. The monoisotopic (exact) mass is 195 g/mol. The van der Waals surface area contributed by atoms with Crippen LogP contribution in [0.2, 0.25) is 0 Å². The molecule has 0 unspecified atom stereocenters. The van der Waals surface area contributed by atoms with Crippen LogP contribution in [0.1, 0.15) is 26.3 Å². The SMILES string of the molecule is CCc1cnc(OC(C)C)c(OC)c1. The van der Waals surface area contributed by atoms with Crippen LogP contribution in [0, 0.1) is 0 Å². The fourth-order valence-corrected chi connectivity index (χ4v) is 1.12. The molecule has 0 saturated carbocycles. The Balaban J connectivity index is 2.93. The zero-order valence-corrected chi connectivity index (χ0v) is 9.20. The summed E-state index contributed by atoms with van der Waals surface area (Å²) in [5.41, 5.74) is 1.15. The van der Waals surface area contributed by atoms with Crippen LogP contribution < -0.4 is 9.47 Å². The van der Waals surface area contributed by atoms with Gasteiger partial charge in [-0.1, -0.05) is 6.92 Å². The fourth-order valence-electron chi connectivity index (χ4n) is 1.12. The number of hydrogen-bond donors (Lipinski definition) is 0. The van der Waals surface area contributed by atoms with Gasteiger partial charge in [0.2, 0.25) is 0 Å². The molecule has 3 heteroatoms. The van der Waals surface area contributed by atoms with Crippen LogP contribution >= 0.6 is 0 Å². The zero-order valence-electron chi connectivity index (χ0n) is 9.20. The first-order chi connectivity index (χ1) is 6.67. The summed E-state index contributed by atoms with van der Waals surface area (Å²) in [6, 6.07) is 1.96. The molecule has 14 heavy (non-hydrogen) atoms. The highest BCUT2D eigenvalue weighted by atomic mass is 16.5. The third-order valence-corrected chi connectivity index (χ3v) is 1.85. The topological polar surface area (TPSA) is 31.4 Å². The van der Waals surface area contributed by atoms with Gasteiger partial charge in [0.25, 0.3) is 5.88 Å². The predicted octanol–water partition coefficient (Wildman–Crippen LogP) is 2.44. The first-order valence-electron chi connectivity index (χ1n) is 4.87. The third-order valence-electron chi connectivity index (χ3n) is 1.85. The molecular weight excluding hydrogens is 178 g/mol. The van der Waals surface area contributed by atoms with Gasteiger partial charge in [0.15, 0.2) is 5.75 Å². The highest BCUT2D eigenvalue weighted by molar-refractivity contribution is 5.36. The second kappa shape index (κ2) is 4.84. The molecule has 0 aliphatic heterocycles. The van der Waals surface area contributed by atoms with Crippen molar-refractivity contribution < 1.29 is 9.47 Å². The summed E-state index contributed by atoms with van der Waals surface area (Å²) in [7, 11) is 1.63. The van der Waals surface area contributed by atoms with Crippen LogP contribution in [0.3, 0.4) is 0 Å². The van der Waals surface area contributed by atoms with Gasteiger partial charge >= 0.3 is 0 Å². The van der Waals surface area contributed by atoms with Crippen LogP contribution in [0.15, 0.2) is 12.3 Å². The minimum atomic E-state index is 0.115. The van der Waals surface area contributed by atoms with Crippen molar-refractivity contribution in [2.24, 2.45) is 0 Å². The predicted molar refractivity (Wildman–Crippen MR) is 55.9 cm³/mol. The van der Waals surface area contributed by atoms with E-state index in [0.29, 0.717) is 11.6 Å². The van der Waals surface area contributed by atoms with Gasteiger partial charge in [-0.3, -0.25) is 0 Å². The second-order valence-electron chi connectivity index (χ2n) is 3.37. The fraction of sp³-hybridized carbons (Fsp3) is 0.545. The Hall–Kier alpha value is -1.25. The van der Waals surface area contributed by atoms with Gasteiger partial charge in [0, 0.05) is 6.20 Å². The highest BCUT2D eigenvalue weighted by Gasteiger charge is 2.08. The van der Waals surface area contributed by atoms with Crippen molar-refractivity contribution in [1.82, 2.24) is 4.98 Å². The first kappa shape index (κ1) is 10.8. The van der Waals surface area contributed by atoms with E-state index in [9.17, 15) is 0 Å². The summed E-state index contributed by atoms with van der Waals surface area (Å²) in [4.78, 5) is 4.21. The van der Waals surface area contributed by atoms with E-state index in [1.54, 1.807) is 7.11 Å². The van der Waals surface area contributed by atoms with Gasteiger partial charge in [-0.25, -0.2) is 4.98 Å². The number of rotatable bonds is 4. The average Bonchev–Trinajstić information content (AvgIpc) is 2.17. The maximum Gasteiger partial charge on any atom is 0.257 e. The number of ether oxygens (including phenoxy) is 2. The lowest BCUT2D eigenvalue weighted by atomic mass is 10.2. The van der Waals surface area contributed by atoms with Gasteiger partial charge in [-0.2, -0.15) is 0 Å². The van der Waals surface area contributed by atoms with Crippen LogP contribution in [-0.4, -0.2) is 18.2 Å². The highest BCUT2D eigenvalue weighted by Crippen LogP contribution is 2.25. The quantitative estimate of drug-likeness (QED) is 0.739. The van der Waals surface area contributed by atoms with E-state index in [2.05, 4.69) is 11.9 Å². The molecule has 0 N–H and O–H groups in total. The van der Waals surface area contributed by atoms with E-state index in [4.69, 9.17) is 9.47 Å². The van der Waals surface area contributed by atoms with Crippen molar-refractivity contribution >= 4 is 0 Å². The minimum Gasteiger partial charge on any atom is -0.491 e. The Labute approximate surface area is 85.1 Å². The largest absolute Gasteiger partial charge is 0.491 e. The lowest BCUT2D eigenvalue weighted by Crippen LogP contribution is -2.08. The summed E-state index contributed by atoms with van der Waals surface area (Å²) in [5, 5.41) is 0. The van der Waals surface area contributed by atoms with E-state index >= 15 is 0 Å². The van der Waals surface area contributed by atoms with Gasteiger partial charge in [0.1, 0.15) is 0 Å². The molecule has 0 spiro atoms. The van der Waals surface area contributed by atoms with E-state index < -0.39 is 0 Å². The number of pyridine rings is 1. The van der Waals surface area contributed by atoms with Crippen molar-refractivity contribution in [3.05, 3.63) is 17.8 Å².